The molecular formula is C28H33F2N5O2. The Balaban J connectivity index is 1.38. The number of urea groups is 1. The first-order valence-corrected chi connectivity index (χ1v) is 12.8. The van der Waals surface area contributed by atoms with Crippen molar-refractivity contribution >= 4 is 11.8 Å². The molecule has 1 aliphatic heterocycles. The number of anilines is 1. The molecule has 196 valence electrons. The third-order valence-electron chi connectivity index (χ3n) is 7.58. The molecular weight excluding hydrogens is 476 g/mol. The lowest BCUT2D eigenvalue weighted by Crippen LogP contribution is -2.42. The summed E-state index contributed by atoms with van der Waals surface area (Å²) in [4.78, 5) is 15.5. The number of amides is 2. The highest BCUT2D eigenvalue weighted by atomic mass is 19.2. The van der Waals surface area contributed by atoms with Crippen molar-refractivity contribution in [3.8, 4) is 5.69 Å². The van der Waals surface area contributed by atoms with Gasteiger partial charge in [-0.15, -0.1) is 0 Å². The van der Waals surface area contributed by atoms with E-state index < -0.39 is 11.6 Å². The lowest BCUT2D eigenvalue weighted by Gasteiger charge is -2.24. The first kappa shape index (κ1) is 25.4. The number of aromatic nitrogens is 2. The number of carbonyl (C=O) groups is 1. The topological polar surface area (TPSA) is 71.4 Å². The molecule has 2 amide bonds. The van der Waals surface area contributed by atoms with Gasteiger partial charge in [0.05, 0.1) is 24.0 Å². The van der Waals surface area contributed by atoms with Crippen LogP contribution in [0.1, 0.15) is 47.9 Å². The summed E-state index contributed by atoms with van der Waals surface area (Å²) in [7, 11) is 1.64. The molecule has 0 spiro atoms. The maximum absolute atomic E-state index is 14.0. The van der Waals surface area contributed by atoms with Gasteiger partial charge in [-0.25, -0.2) is 18.3 Å². The van der Waals surface area contributed by atoms with Gasteiger partial charge in [-0.05, 0) is 49.6 Å². The third kappa shape index (κ3) is 5.38. The van der Waals surface area contributed by atoms with E-state index in [0.29, 0.717) is 43.5 Å². The van der Waals surface area contributed by atoms with Crippen LogP contribution >= 0.6 is 0 Å². The monoisotopic (exact) mass is 509 g/mol. The number of nitrogens with zero attached hydrogens (tertiary/aromatic N) is 3. The highest BCUT2D eigenvalue weighted by Gasteiger charge is 2.35. The molecule has 5 rings (SSSR count). The van der Waals surface area contributed by atoms with E-state index in [1.165, 1.54) is 12.5 Å². The minimum Gasteiger partial charge on any atom is -0.383 e. The van der Waals surface area contributed by atoms with Crippen molar-refractivity contribution < 1.29 is 18.3 Å². The number of rotatable bonds is 8. The second-order valence-electron chi connectivity index (χ2n) is 9.97. The predicted molar refractivity (Wildman–Crippen MR) is 138 cm³/mol. The number of halogens is 2. The van der Waals surface area contributed by atoms with Gasteiger partial charge < -0.3 is 10.1 Å². The molecule has 2 atom stereocenters. The van der Waals surface area contributed by atoms with Crippen LogP contribution in [0.2, 0.25) is 0 Å². The molecule has 1 saturated carbocycles. The SMILES string of the molecule is COCCN1C[C@@H](NC(=O)Nc2c(C)c(C3CCC3)nn2-c2ccccc2)[C@H](c2ccc(F)c(F)c2)C1. The Kier molecular flexibility index (Phi) is 7.53. The van der Waals surface area contributed by atoms with Crippen LogP contribution < -0.4 is 10.6 Å². The molecule has 37 heavy (non-hydrogen) atoms. The summed E-state index contributed by atoms with van der Waals surface area (Å²) >= 11 is 0. The molecule has 2 N–H and O–H groups in total. The maximum atomic E-state index is 14.0. The molecule has 3 aromatic rings. The largest absolute Gasteiger partial charge is 0.383 e. The number of methoxy groups -OCH3 is 1. The molecule has 2 heterocycles. The van der Waals surface area contributed by atoms with Crippen molar-refractivity contribution in [2.24, 2.45) is 0 Å². The van der Waals surface area contributed by atoms with Crippen molar-refractivity contribution in [1.29, 1.82) is 0 Å². The average Bonchev–Trinajstić information content (AvgIpc) is 3.40. The summed E-state index contributed by atoms with van der Waals surface area (Å²) in [6, 6.07) is 13.1. The van der Waals surface area contributed by atoms with Gasteiger partial charge in [-0.2, -0.15) is 5.10 Å². The fourth-order valence-corrected chi connectivity index (χ4v) is 5.31. The van der Waals surface area contributed by atoms with Crippen molar-refractivity contribution in [3.05, 3.63) is 77.0 Å². The highest BCUT2D eigenvalue weighted by Crippen LogP contribution is 2.39. The van der Waals surface area contributed by atoms with Crippen molar-refractivity contribution in [2.75, 3.05) is 38.7 Å². The van der Waals surface area contributed by atoms with Gasteiger partial charge in [0, 0.05) is 44.1 Å². The van der Waals surface area contributed by atoms with Gasteiger partial charge >= 0.3 is 6.03 Å². The van der Waals surface area contributed by atoms with Crippen LogP contribution in [-0.4, -0.2) is 60.1 Å². The summed E-state index contributed by atoms with van der Waals surface area (Å²) in [5.74, 6) is -0.905. The summed E-state index contributed by atoms with van der Waals surface area (Å²) in [5, 5.41) is 11.0. The van der Waals surface area contributed by atoms with Crippen LogP contribution in [0.5, 0.6) is 0 Å². The molecule has 1 aromatic heterocycles. The maximum Gasteiger partial charge on any atom is 0.320 e. The lowest BCUT2D eigenvalue weighted by atomic mass is 9.82. The van der Waals surface area contributed by atoms with Crippen LogP contribution in [0.15, 0.2) is 48.5 Å². The molecule has 7 nitrogen and oxygen atoms in total. The van der Waals surface area contributed by atoms with Crippen molar-refractivity contribution in [2.45, 2.75) is 44.1 Å². The summed E-state index contributed by atoms with van der Waals surface area (Å²) in [5.41, 5.74) is 3.52. The van der Waals surface area contributed by atoms with E-state index in [9.17, 15) is 13.6 Å². The second kappa shape index (κ2) is 11.0. The molecule has 1 aliphatic carbocycles. The second-order valence-corrected chi connectivity index (χ2v) is 9.97. The Hall–Kier alpha value is -3.30. The molecule has 2 aromatic carbocycles. The minimum atomic E-state index is -0.887. The van der Waals surface area contributed by atoms with Gasteiger partial charge in [-0.3, -0.25) is 10.2 Å². The number of hydrogen-bond acceptors (Lipinski definition) is 4. The van der Waals surface area contributed by atoms with Crippen molar-refractivity contribution in [1.82, 2.24) is 20.0 Å². The Bertz CT molecular complexity index is 1240. The van der Waals surface area contributed by atoms with Crippen molar-refractivity contribution in [3.63, 3.8) is 0 Å². The quantitative estimate of drug-likeness (QED) is 0.450. The van der Waals surface area contributed by atoms with Gasteiger partial charge in [0.15, 0.2) is 11.6 Å². The number of likely N-dealkylation sites (tertiary alicyclic amines) is 1. The van der Waals surface area contributed by atoms with Gasteiger partial charge in [0.2, 0.25) is 0 Å². The molecule has 0 unspecified atom stereocenters. The van der Waals surface area contributed by atoms with Crippen LogP contribution in [0, 0.1) is 18.6 Å². The van der Waals surface area contributed by atoms with Gasteiger partial charge in [0.1, 0.15) is 5.82 Å². The molecule has 2 fully saturated rings. The standard InChI is InChI=1S/C28H33F2N5O2/c1-18-26(19-7-6-8-19)33-35(21-9-4-3-5-10-21)27(18)32-28(36)31-25-17-34(13-14-37-2)16-22(25)20-11-12-23(29)24(30)15-20/h3-5,9-12,15,19,22,25H,6-8,13-14,16-17H2,1-2H3,(H2,31,32,36)/t22-,25+/m0/s1. The Labute approximate surface area is 215 Å². The number of hydrogen-bond donors (Lipinski definition) is 2. The summed E-state index contributed by atoms with van der Waals surface area (Å²) < 4.78 is 34.7. The molecule has 0 radical (unpaired) electrons. The van der Waals surface area contributed by atoms with E-state index in [1.54, 1.807) is 17.9 Å². The molecule has 9 heteroatoms. The first-order chi connectivity index (χ1) is 17.9. The first-order valence-electron chi connectivity index (χ1n) is 12.8. The fourth-order valence-electron chi connectivity index (χ4n) is 5.31. The zero-order valence-corrected chi connectivity index (χ0v) is 21.2. The number of benzene rings is 2. The average molecular weight is 510 g/mol. The van der Waals surface area contributed by atoms with E-state index in [4.69, 9.17) is 9.84 Å². The Morgan fingerprint density at radius 3 is 2.57 bits per heavy atom. The zero-order valence-electron chi connectivity index (χ0n) is 21.2. The number of carbonyl (C=O) groups excluding carboxylic acids is 1. The van der Waals surface area contributed by atoms with E-state index in [0.717, 1.165) is 35.9 Å². The van der Waals surface area contributed by atoms with E-state index in [1.807, 2.05) is 37.3 Å². The zero-order chi connectivity index (χ0) is 25.9. The normalized spacial score (nSPS) is 20.1. The van der Waals surface area contributed by atoms with E-state index in [2.05, 4.69) is 15.5 Å². The van der Waals surface area contributed by atoms with E-state index >= 15 is 0 Å². The third-order valence-corrected chi connectivity index (χ3v) is 7.58. The number of ether oxygens (including phenoxy) is 1. The van der Waals surface area contributed by atoms with Crippen LogP contribution in [0.25, 0.3) is 5.69 Å². The molecule has 2 aliphatic rings. The number of nitrogens with one attached hydrogen (secondary N) is 2. The highest BCUT2D eigenvalue weighted by molar-refractivity contribution is 5.90. The van der Waals surface area contributed by atoms with E-state index in [-0.39, 0.29) is 18.0 Å². The smallest absolute Gasteiger partial charge is 0.320 e. The van der Waals surface area contributed by atoms with Crippen LogP contribution in [0.3, 0.4) is 0 Å². The minimum absolute atomic E-state index is 0.191. The molecule has 0 bridgehead atoms. The fraction of sp³-hybridized carbons (Fsp3) is 0.429. The van der Waals surface area contributed by atoms with Crippen LogP contribution in [-0.2, 0) is 4.74 Å². The summed E-state index contributed by atoms with van der Waals surface area (Å²) in [6.45, 7) is 4.41. The number of para-hydroxylation sites is 1. The summed E-state index contributed by atoms with van der Waals surface area (Å²) in [6.07, 6.45) is 3.40. The Morgan fingerprint density at radius 2 is 1.89 bits per heavy atom. The predicted octanol–water partition coefficient (Wildman–Crippen LogP) is 4.96. The van der Waals surface area contributed by atoms with Gasteiger partial charge in [0.25, 0.3) is 0 Å². The van der Waals surface area contributed by atoms with Crippen LogP contribution in [0.4, 0.5) is 19.4 Å². The lowest BCUT2D eigenvalue weighted by molar-refractivity contribution is 0.159. The van der Waals surface area contributed by atoms with Gasteiger partial charge in [-0.1, -0.05) is 30.7 Å². The molecule has 1 saturated heterocycles. The Morgan fingerprint density at radius 1 is 1.11 bits per heavy atom.